The summed E-state index contributed by atoms with van der Waals surface area (Å²) < 4.78 is 7.07. The molecule has 0 aliphatic rings. The molecule has 0 spiro atoms. The number of ketones is 1. The van der Waals surface area contributed by atoms with E-state index in [4.69, 9.17) is 4.74 Å². The first kappa shape index (κ1) is 9.99. The summed E-state index contributed by atoms with van der Waals surface area (Å²) in [7, 11) is 0. The number of hydrogen-bond acceptors (Lipinski definition) is 2. The van der Waals surface area contributed by atoms with Crippen LogP contribution in [0.5, 0.6) is 0 Å². The Kier molecular flexibility index (Phi) is 3.71. The standard InChI is InChI=1S/C10H15NO2/c1-3-10(12)9-5-6-11(7-9)8-13-4-2/h5-7H,3-4,8H2,1-2H3. The van der Waals surface area contributed by atoms with Crippen molar-refractivity contribution in [3.05, 3.63) is 24.0 Å². The summed E-state index contributed by atoms with van der Waals surface area (Å²) in [4.78, 5) is 11.2. The van der Waals surface area contributed by atoms with Crippen molar-refractivity contribution >= 4 is 5.78 Å². The van der Waals surface area contributed by atoms with Gasteiger partial charge in [0.05, 0.1) is 0 Å². The summed E-state index contributed by atoms with van der Waals surface area (Å²) in [6, 6.07) is 1.82. The highest BCUT2D eigenvalue weighted by molar-refractivity contribution is 5.95. The van der Waals surface area contributed by atoms with Gasteiger partial charge in [-0.3, -0.25) is 4.79 Å². The fourth-order valence-electron chi connectivity index (χ4n) is 1.09. The first-order valence-corrected chi connectivity index (χ1v) is 4.54. The molecule has 0 unspecified atom stereocenters. The molecule has 0 aromatic carbocycles. The fraction of sp³-hybridized carbons (Fsp3) is 0.500. The summed E-state index contributed by atoms with van der Waals surface area (Å²) in [5, 5.41) is 0. The number of ether oxygens (including phenoxy) is 1. The van der Waals surface area contributed by atoms with Gasteiger partial charge in [-0.05, 0) is 13.0 Å². The second-order valence-electron chi connectivity index (χ2n) is 2.81. The Bertz CT molecular complexity index is 278. The third kappa shape index (κ3) is 2.70. The Hall–Kier alpha value is -1.09. The van der Waals surface area contributed by atoms with Crippen LogP contribution >= 0.6 is 0 Å². The molecule has 13 heavy (non-hydrogen) atoms. The van der Waals surface area contributed by atoms with E-state index >= 15 is 0 Å². The molecule has 0 aliphatic carbocycles. The predicted molar refractivity (Wildman–Crippen MR) is 50.7 cm³/mol. The van der Waals surface area contributed by atoms with E-state index in [0.717, 1.165) is 5.56 Å². The van der Waals surface area contributed by atoms with Gasteiger partial charge in [0.1, 0.15) is 6.73 Å². The number of carbonyl (C=O) groups is 1. The van der Waals surface area contributed by atoms with Crippen LogP contribution in [-0.4, -0.2) is 17.0 Å². The molecule has 0 radical (unpaired) electrons. The summed E-state index contributed by atoms with van der Waals surface area (Å²) in [5.74, 6) is 0.176. The topological polar surface area (TPSA) is 31.2 Å². The highest BCUT2D eigenvalue weighted by atomic mass is 16.5. The lowest BCUT2D eigenvalue weighted by Gasteiger charge is -2.00. The van der Waals surface area contributed by atoms with Crippen molar-refractivity contribution in [3.63, 3.8) is 0 Å². The molecule has 0 N–H and O–H groups in total. The van der Waals surface area contributed by atoms with Gasteiger partial charge in [-0.1, -0.05) is 6.92 Å². The van der Waals surface area contributed by atoms with Crippen molar-refractivity contribution in [3.8, 4) is 0 Å². The van der Waals surface area contributed by atoms with Crippen molar-refractivity contribution in [2.45, 2.75) is 27.0 Å². The molecule has 0 atom stereocenters. The number of rotatable bonds is 5. The van der Waals surface area contributed by atoms with Gasteiger partial charge in [0.2, 0.25) is 0 Å². The van der Waals surface area contributed by atoms with E-state index in [2.05, 4.69) is 0 Å². The van der Waals surface area contributed by atoms with Crippen molar-refractivity contribution in [2.75, 3.05) is 6.61 Å². The molecule has 0 bridgehead atoms. The van der Waals surface area contributed by atoms with E-state index in [9.17, 15) is 4.79 Å². The Morgan fingerprint density at radius 3 is 2.92 bits per heavy atom. The van der Waals surface area contributed by atoms with Crippen LogP contribution in [0.25, 0.3) is 0 Å². The lowest BCUT2D eigenvalue weighted by molar-refractivity contribution is 0.0878. The van der Waals surface area contributed by atoms with Crippen LogP contribution in [0.1, 0.15) is 30.6 Å². The maximum Gasteiger partial charge on any atom is 0.164 e. The molecule has 72 valence electrons. The van der Waals surface area contributed by atoms with Crippen molar-refractivity contribution in [2.24, 2.45) is 0 Å². The first-order valence-electron chi connectivity index (χ1n) is 4.54. The SMILES string of the molecule is CCOCn1ccc(C(=O)CC)c1. The Labute approximate surface area is 78.3 Å². The highest BCUT2D eigenvalue weighted by Gasteiger charge is 2.03. The molecule has 1 rings (SSSR count). The number of aromatic nitrogens is 1. The molecule has 3 nitrogen and oxygen atoms in total. The maximum absolute atomic E-state index is 11.2. The summed E-state index contributed by atoms with van der Waals surface area (Å²) in [6.07, 6.45) is 4.23. The third-order valence-electron chi connectivity index (χ3n) is 1.84. The molecule has 0 fully saturated rings. The van der Waals surface area contributed by atoms with Gasteiger partial charge in [0.25, 0.3) is 0 Å². The minimum absolute atomic E-state index is 0.176. The average molecular weight is 181 g/mol. The number of Topliss-reactive ketones (excluding diaryl/α,β-unsaturated/α-hetero) is 1. The van der Waals surface area contributed by atoms with Gasteiger partial charge in [0.15, 0.2) is 5.78 Å². The van der Waals surface area contributed by atoms with E-state index < -0.39 is 0 Å². The Balaban J connectivity index is 2.58. The fourth-order valence-corrected chi connectivity index (χ4v) is 1.09. The van der Waals surface area contributed by atoms with Gasteiger partial charge >= 0.3 is 0 Å². The maximum atomic E-state index is 11.2. The van der Waals surface area contributed by atoms with E-state index in [1.807, 2.05) is 36.9 Å². The molecular weight excluding hydrogens is 166 g/mol. The van der Waals surface area contributed by atoms with Crippen molar-refractivity contribution in [1.29, 1.82) is 0 Å². The first-order chi connectivity index (χ1) is 6.27. The molecule has 0 aliphatic heterocycles. The monoisotopic (exact) mass is 181 g/mol. The van der Waals surface area contributed by atoms with Crippen molar-refractivity contribution in [1.82, 2.24) is 4.57 Å². The van der Waals surface area contributed by atoms with Crippen LogP contribution in [0.3, 0.4) is 0 Å². The van der Waals surface area contributed by atoms with Gasteiger partial charge < -0.3 is 9.30 Å². The molecule has 0 amide bonds. The lowest BCUT2D eigenvalue weighted by Crippen LogP contribution is -2.00. The number of hydrogen-bond donors (Lipinski definition) is 0. The summed E-state index contributed by atoms with van der Waals surface area (Å²) in [5.41, 5.74) is 0.766. The van der Waals surface area contributed by atoms with Gasteiger partial charge in [-0.25, -0.2) is 0 Å². The van der Waals surface area contributed by atoms with Crippen LogP contribution < -0.4 is 0 Å². The molecular formula is C10H15NO2. The molecule has 0 saturated heterocycles. The zero-order valence-electron chi connectivity index (χ0n) is 8.12. The van der Waals surface area contributed by atoms with E-state index in [-0.39, 0.29) is 5.78 Å². The summed E-state index contributed by atoms with van der Waals surface area (Å²) >= 11 is 0. The molecule has 1 aromatic rings. The van der Waals surface area contributed by atoms with Crippen molar-refractivity contribution < 1.29 is 9.53 Å². The van der Waals surface area contributed by atoms with Gasteiger partial charge in [0, 0.05) is 31.0 Å². The zero-order chi connectivity index (χ0) is 9.68. The second kappa shape index (κ2) is 4.82. The van der Waals surface area contributed by atoms with Gasteiger partial charge in [-0.2, -0.15) is 0 Å². The van der Waals surface area contributed by atoms with Crippen LogP contribution in [0.2, 0.25) is 0 Å². The van der Waals surface area contributed by atoms with Crippen LogP contribution in [0.4, 0.5) is 0 Å². The zero-order valence-corrected chi connectivity index (χ0v) is 8.12. The normalized spacial score (nSPS) is 10.3. The van der Waals surface area contributed by atoms with E-state index in [1.54, 1.807) is 0 Å². The van der Waals surface area contributed by atoms with E-state index in [1.165, 1.54) is 0 Å². The predicted octanol–water partition coefficient (Wildman–Crippen LogP) is 2.07. The third-order valence-corrected chi connectivity index (χ3v) is 1.84. The highest BCUT2D eigenvalue weighted by Crippen LogP contribution is 2.04. The van der Waals surface area contributed by atoms with Gasteiger partial charge in [-0.15, -0.1) is 0 Å². The van der Waals surface area contributed by atoms with Crippen LogP contribution in [0.15, 0.2) is 18.5 Å². The second-order valence-corrected chi connectivity index (χ2v) is 2.81. The smallest absolute Gasteiger partial charge is 0.164 e. The Morgan fingerprint density at radius 1 is 1.54 bits per heavy atom. The van der Waals surface area contributed by atoms with Crippen LogP contribution in [0, 0.1) is 0 Å². The number of carbonyl (C=O) groups excluding carboxylic acids is 1. The minimum atomic E-state index is 0.176. The summed E-state index contributed by atoms with van der Waals surface area (Å²) in [6.45, 7) is 5.02. The molecule has 3 heteroatoms. The average Bonchev–Trinajstić information content (AvgIpc) is 2.62. The minimum Gasteiger partial charge on any atom is -0.361 e. The number of nitrogens with zero attached hydrogens (tertiary/aromatic N) is 1. The molecule has 0 saturated carbocycles. The quantitative estimate of drug-likeness (QED) is 0.651. The Morgan fingerprint density at radius 2 is 2.31 bits per heavy atom. The largest absolute Gasteiger partial charge is 0.361 e. The molecule has 1 aromatic heterocycles. The molecule has 1 heterocycles. The lowest BCUT2D eigenvalue weighted by atomic mass is 10.2. The van der Waals surface area contributed by atoms with Crippen LogP contribution in [-0.2, 0) is 11.5 Å². The van der Waals surface area contributed by atoms with E-state index in [0.29, 0.717) is 19.8 Å².